The van der Waals surface area contributed by atoms with E-state index in [1.54, 1.807) is 29.2 Å². The Morgan fingerprint density at radius 2 is 2.21 bits per heavy atom. The van der Waals surface area contributed by atoms with Crippen LogP contribution >= 0.6 is 11.6 Å². The third-order valence-corrected chi connectivity index (χ3v) is 3.47. The Morgan fingerprint density at radius 1 is 1.53 bits per heavy atom. The van der Waals surface area contributed by atoms with Crippen molar-refractivity contribution in [3.05, 3.63) is 34.9 Å². The molecule has 0 aromatic heterocycles. The quantitative estimate of drug-likeness (QED) is 0.923. The van der Waals surface area contributed by atoms with Crippen molar-refractivity contribution >= 4 is 17.5 Å². The number of ether oxygens (including phenoxy) is 1. The smallest absolute Gasteiger partial charge is 0.225 e. The summed E-state index contributed by atoms with van der Waals surface area (Å²) in [5.41, 5.74) is 0.707. The van der Waals surface area contributed by atoms with Crippen LogP contribution in [0.4, 0.5) is 0 Å². The van der Waals surface area contributed by atoms with Crippen LogP contribution in [0.3, 0.4) is 0 Å². The number of carbonyl (C=O) groups is 1. The van der Waals surface area contributed by atoms with Crippen molar-refractivity contribution in [3.63, 3.8) is 0 Å². The van der Waals surface area contributed by atoms with Gasteiger partial charge in [-0.3, -0.25) is 4.79 Å². The minimum Gasteiger partial charge on any atom is -0.388 e. The number of hydrogen-bond acceptors (Lipinski definition) is 3. The van der Waals surface area contributed by atoms with Gasteiger partial charge in [0.1, 0.15) is 0 Å². The fourth-order valence-electron chi connectivity index (χ4n) is 2.14. The molecular weight excluding hydrogens is 266 g/mol. The van der Waals surface area contributed by atoms with Gasteiger partial charge >= 0.3 is 0 Å². The largest absolute Gasteiger partial charge is 0.388 e. The number of hydrogen-bond donors (Lipinski definition) is 1. The molecule has 0 bridgehead atoms. The summed E-state index contributed by atoms with van der Waals surface area (Å²) < 4.78 is 5.39. The number of nitrogens with zero attached hydrogens (tertiary/aromatic N) is 1. The molecule has 1 aromatic rings. The molecule has 0 radical (unpaired) electrons. The van der Waals surface area contributed by atoms with E-state index < -0.39 is 6.10 Å². The number of aliphatic hydroxyl groups is 1. The van der Waals surface area contributed by atoms with Crippen LogP contribution in [0.25, 0.3) is 0 Å². The molecule has 0 aliphatic carbocycles. The van der Waals surface area contributed by atoms with Crippen molar-refractivity contribution in [3.8, 4) is 0 Å². The molecule has 2 rings (SSSR count). The first-order chi connectivity index (χ1) is 9.06. The van der Waals surface area contributed by atoms with E-state index in [4.69, 9.17) is 16.3 Å². The first kappa shape index (κ1) is 14.3. The second kappa shape index (κ2) is 6.37. The number of amides is 1. The van der Waals surface area contributed by atoms with Crippen LogP contribution < -0.4 is 0 Å². The lowest BCUT2D eigenvalue weighted by atomic mass is 10.1. The van der Waals surface area contributed by atoms with Crippen molar-refractivity contribution in [2.75, 3.05) is 19.7 Å². The van der Waals surface area contributed by atoms with Gasteiger partial charge in [0.05, 0.1) is 25.2 Å². The van der Waals surface area contributed by atoms with Crippen molar-refractivity contribution in [1.29, 1.82) is 0 Å². The van der Waals surface area contributed by atoms with E-state index in [2.05, 4.69) is 0 Å². The van der Waals surface area contributed by atoms with Gasteiger partial charge in [-0.25, -0.2) is 0 Å². The number of carbonyl (C=O) groups excluding carboxylic acids is 1. The van der Waals surface area contributed by atoms with E-state index in [-0.39, 0.29) is 18.4 Å². The van der Waals surface area contributed by atoms with Gasteiger partial charge in [-0.1, -0.05) is 23.7 Å². The molecule has 2 atom stereocenters. The number of halogens is 1. The van der Waals surface area contributed by atoms with Crippen LogP contribution in [0.1, 0.15) is 25.0 Å². The summed E-state index contributed by atoms with van der Waals surface area (Å²) in [7, 11) is 0. The van der Waals surface area contributed by atoms with E-state index in [0.717, 1.165) is 0 Å². The normalized spacial score (nSPS) is 21.2. The lowest BCUT2D eigenvalue weighted by molar-refractivity contribution is -0.140. The molecule has 1 aliphatic rings. The van der Waals surface area contributed by atoms with Gasteiger partial charge in [-0.05, 0) is 24.6 Å². The Hall–Kier alpha value is -1.10. The molecule has 1 saturated heterocycles. The first-order valence-corrected chi connectivity index (χ1v) is 6.77. The van der Waals surface area contributed by atoms with Gasteiger partial charge < -0.3 is 14.7 Å². The Balaban J connectivity index is 1.92. The highest BCUT2D eigenvalue weighted by atomic mass is 35.5. The standard InChI is InChI=1S/C14H18ClNO3/c1-10-9-16(6-7-19-10)14(18)8-13(17)11-2-4-12(15)5-3-11/h2-5,10,13,17H,6-9H2,1H3. The Morgan fingerprint density at radius 3 is 2.84 bits per heavy atom. The molecule has 0 saturated carbocycles. The van der Waals surface area contributed by atoms with E-state index in [0.29, 0.717) is 30.3 Å². The maximum Gasteiger partial charge on any atom is 0.225 e. The average Bonchev–Trinajstić information content (AvgIpc) is 2.39. The lowest BCUT2D eigenvalue weighted by Gasteiger charge is -2.31. The highest BCUT2D eigenvalue weighted by Gasteiger charge is 2.23. The summed E-state index contributed by atoms with van der Waals surface area (Å²) in [6.07, 6.45) is -0.637. The molecule has 0 spiro atoms. The van der Waals surface area contributed by atoms with E-state index in [1.165, 1.54) is 0 Å². The number of aliphatic hydroxyl groups excluding tert-OH is 1. The highest BCUT2D eigenvalue weighted by Crippen LogP contribution is 2.20. The van der Waals surface area contributed by atoms with Crippen molar-refractivity contribution in [2.45, 2.75) is 25.6 Å². The molecule has 1 N–H and O–H groups in total. The van der Waals surface area contributed by atoms with E-state index in [1.807, 2.05) is 6.92 Å². The van der Waals surface area contributed by atoms with Gasteiger partial charge in [0.2, 0.25) is 5.91 Å². The lowest BCUT2D eigenvalue weighted by Crippen LogP contribution is -2.44. The highest BCUT2D eigenvalue weighted by molar-refractivity contribution is 6.30. The van der Waals surface area contributed by atoms with Crippen LogP contribution in [-0.4, -0.2) is 41.7 Å². The third-order valence-electron chi connectivity index (χ3n) is 3.22. The average molecular weight is 284 g/mol. The molecule has 4 nitrogen and oxygen atoms in total. The molecule has 104 valence electrons. The molecule has 5 heteroatoms. The summed E-state index contributed by atoms with van der Waals surface area (Å²) >= 11 is 5.79. The van der Waals surface area contributed by atoms with Gasteiger partial charge in [-0.15, -0.1) is 0 Å². The van der Waals surface area contributed by atoms with Crippen LogP contribution in [0.2, 0.25) is 5.02 Å². The predicted molar refractivity (Wildman–Crippen MR) is 73.0 cm³/mol. The minimum atomic E-state index is -0.789. The zero-order valence-corrected chi connectivity index (χ0v) is 11.6. The second-order valence-electron chi connectivity index (χ2n) is 4.79. The van der Waals surface area contributed by atoms with Gasteiger partial charge in [0.15, 0.2) is 0 Å². The first-order valence-electron chi connectivity index (χ1n) is 6.39. The maximum atomic E-state index is 12.1. The van der Waals surface area contributed by atoms with Crippen LogP contribution in [0.15, 0.2) is 24.3 Å². The van der Waals surface area contributed by atoms with Crippen LogP contribution in [-0.2, 0) is 9.53 Å². The molecule has 2 unspecified atom stereocenters. The monoisotopic (exact) mass is 283 g/mol. The fraction of sp³-hybridized carbons (Fsp3) is 0.500. The molecule has 1 heterocycles. The molecule has 1 aliphatic heterocycles. The summed E-state index contributed by atoms with van der Waals surface area (Å²) in [6.45, 7) is 3.68. The van der Waals surface area contributed by atoms with Crippen LogP contribution in [0.5, 0.6) is 0 Å². The van der Waals surface area contributed by atoms with Gasteiger partial charge in [-0.2, -0.15) is 0 Å². The second-order valence-corrected chi connectivity index (χ2v) is 5.23. The van der Waals surface area contributed by atoms with E-state index >= 15 is 0 Å². The van der Waals surface area contributed by atoms with Gasteiger partial charge in [0, 0.05) is 18.1 Å². The SMILES string of the molecule is CC1CN(C(=O)CC(O)c2ccc(Cl)cc2)CCO1. The molecule has 19 heavy (non-hydrogen) atoms. The molecular formula is C14H18ClNO3. The number of rotatable bonds is 3. The Bertz CT molecular complexity index is 435. The topological polar surface area (TPSA) is 49.8 Å². The summed E-state index contributed by atoms with van der Waals surface area (Å²) in [6, 6.07) is 6.90. The summed E-state index contributed by atoms with van der Waals surface area (Å²) in [5.74, 6) is -0.0439. The predicted octanol–water partition coefficient (Wildman–Crippen LogP) is 2.01. The third kappa shape index (κ3) is 3.93. The Kier molecular flexibility index (Phi) is 4.80. The van der Waals surface area contributed by atoms with Crippen molar-refractivity contribution < 1.29 is 14.6 Å². The summed E-state index contributed by atoms with van der Waals surface area (Å²) in [5, 5.41) is 10.7. The molecule has 1 fully saturated rings. The zero-order chi connectivity index (χ0) is 13.8. The molecule has 1 amide bonds. The summed E-state index contributed by atoms with van der Waals surface area (Å²) in [4.78, 5) is 13.8. The van der Waals surface area contributed by atoms with E-state index in [9.17, 15) is 9.90 Å². The molecule has 1 aromatic carbocycles. The van der Waals surface area contributed by atoms with Crippen molar-refractivity contribution in [1.82, 2.24) is 4.90 Å². The zero-order valence-electron chi connectivity index (χ0n) is 10.9. The van der Waals surface area contributed by atoms with Crippen LogP contribution in [0, 0.1) is 0 Å². The number of morpholine rings is 1. The maximum absolute atomic E-state index is 12.1. The number of benzene rings is 1. The minimum absolute atomic E-state index is 0.0439. The van der Waals surface area contributed by atoms with Gasteiger partial charge in [0.25, 0.3) is 0 Å². The fourth-order valence-corrected chi connectivity index (χ4v) is 2.27. The Labute approximate surface area is 117 Å². The van der Waals surface area contributed by atoms with Crippen molar-refractivity contribution in [2.24, 2.45) is 0 Å².